The Labute approximate surface area is 73.9 Å². The second-order valence-corrected chi connectivity index (χ2v) is 3.39. The van der Waals surface area contributed by atoms with Crippen LogP contribution in [0, 0.1) is 0 Å². The van der Waals surface area contributed by atoms with Gasteiger partial charge in [-0.1, -0.05) is 22.9 Å². The Kier molecular flexibility index (Phi) is 5.11. The maximum absolute atomic E-state index is 11.0. The molecule has 1 N–H and O–H groups in total. The molecule has 0 aromatic carbocycles. The van der Waals surface area contributed by atoms with E-state index in [1.807, 2.05) is 6.92 Å². The highest BCUT2D eigenvalue weighted by Gasteiger charge is 2.16. The van der Waals surface area contributed by atoms with E-state index in [4.69, 9.17) is 5.11 Å². The predicted octanol–water partition coefficient (Wildman–Crippen LogP) is 1.59. The number of aliphatic carboxylic acids is 1. The molecule has 0 radical (unpaired) electrons. The third-order valence-electron chi connectivity index (χ3n) is 1.20. The lowest BCUT2D eigenvalue weighted by Gasteiger charge is -2.03. The molecule has 0 bridgehead atoms. The van der Waals surface area contributed by atoms with Gasteiger partial charge in [0.05, 0.1) is 11.2 Å². The Morgan fingerprint density at radius 3 is 2.45 bits per heavy atom. The van der Waals surface area contributed by atoms with E-state index in [1.54, 1.807) is 0 Å². The van der Waals surface area contributed by atoms with Gasteiger partial charge in [0.2, 0.25) is 0 Å². The predicted molar refractivity (Wildman–Crippen MR) is 44.9 cm³/mol. The van der Waals surface area contributed by atoms with Crippen molar-refractivity contribution in [3.63, 3.8) is 0 Å². The molecule has 0 aliphatic carbocycles. The second kappa shape index (κ2) is 5.29. The molecule has 0 aliphatic heterocycles. The van der Waals surface area contributed by atoms with Crippen LogP contribution < -0.4 is 0 Å². The first kappa shape index (κ1) is 10.6. The standard InChI is InChI=1S/C7H11BrO3/c1-2-3-6(9)5(8)4-7(10)11/h5H,2-4H2,1H3,(H,10,11). The fraction of sp³-hybridized carbons (Fsp3) is 0.714. The molecule has 0 heterocycles. The highest BCUT2D eigenvalue weighted by atomic mass is 79.9. The minimum Gasteiger partial charge on any atom is -0.481 e. The van der Waals surface area contributed by atoms with Crippen LogP contribution in [0.3, 0.4) is 0 Å². The van der Waals surface area contributed by atoms with Crippen molar-refractivity contribution < 1.29 is 14.7 Å². The van der Waals surface area contributed by atoms with E-state index >= 15 is 0 Å². The Morgan fingerprint density at radius 1 is 1.55 bits per heavy atom. The zero-order valence-corrected chi connectivity index (χ0v) is 7.93. The van der Waals surface area contributed by atoms with Gasteiger partial charge in [-0.25, -0.2) is 0 Å². The minimum atomic E-state index is -0.948. The van der Waals surface area contributed by atoms with Crippen molar-refractivity contribution in [1.82, 2.24) is 0 Å². The van der Waals surface area contributed by atoms with Crippen LogP contribution in [0.5, 0.6) is 0 Å². The lowest BCUT2D eigenvalue weighted by Crippen LogP contribution is -2.17. The first-order chi connectivity index (χ1) is 5.07. The van der Waals surface area contributed by atoms with Gasteiger partial charge in [0.15, 0.2) is 0 Å². The molecule has 64 valence electrons. The molecular weight excluding hydrogens is 212 g/mol. The number of carboxylic acid groups (broad SMARTS) is 1. The van der Waals surface area contributed by atoms with Gasteiger partial charge in [-0.3, -0.25) is 9.59 Å². The van der Waals surface area contributed by atoms with Gasteiger partial charge in [-0.2, -0.15) is 0 Å². The number of alkyl halides is 1. The van der Waals surface area contributed by atoms with Gasteiger partial charge in [-0.15, -0.1) is 0 Å². The van der Waals surface area contributed by atoms with E-state index in [-0.39, 0.29) is 12.2 Å². The lowest BCUT2D eigenvalue weighted by molar-refractivity contribution is -0.138. The van der Waals surface area contributed by atoms with Gasteiger partial charge in [-0.05, 0) is 6.42 Å². The lowest BCUT2D eigenvalue weighted by atomic mass is 10.1. The number of carbonyl (C=O) groups is 2. The molecule has 0 aromatic heterocycles. The molecule has 0 aromatic rings. The molecule has 0 fully saturated rings. The topological polar surface area (TPSA) is 54.4 Å². The molecule has 4 heteroatoms. The summed E-state index contributed by atoms with van der Waals surface area (Å²) in [6.45, 7) is 1.89. The van der Waals surface area contributed by atoms with E-state index in [1.165, 1.54) is 0 Å². The average Bonchev–Trinajstić information content (AvgIpc) is 1.86. The Bertz CT molecular complexity index is 156. The quantitative estimate of drug-likeness (QED) is 0.720. The molecule has 1 atom stereocenters. The third-order valence-corrected chi connectivity index (χ3v) is 2.03. The third kappa shape index (κ3) is 4.95. The first-order valence-electron chi connectivity index (χ1n) is 3.46. The number of halogens is 1. The summed E-state index contributed by atoms with van der Waals surface area (Å²) in [7, 11) is 0. The summed E-state index contributed by atoms with van der Waals surface area (Å²) in [4.78, 5) is 20.6. The number of Topliss-reactive ketones (excluding diaryl/α,β-unsaturated/α-hetero) is 1. The van der Waals surface area contributed by atoms with Crippen molar-refractivity contribution in [1.29, 1.82) is 0 Å². The molecule has 0 aliphatic rings. The van der Waals surface area contributed by atoms with E-state index in [0.29, 0.717) is 6.42 Å². The van der Waals surface area contributed by atoms with Crippen LogP contribution in [-0.4, -0.2) is 21.7 Å². The SMILES string of the molecule is CCCC(=O)C(Br)CC(=O)O. The molecule has 0 amide bonds. The number of carboxylic acids is 1. The van der Waals surface area contributed by atoms with Crippen LogP contribution in [0.1, 0.15) is 26.2 Å². The van der Waals surface area contributed by atoms with E-state index in [2.05, 4.69) is 15.9 Å². The molecule has 0 saturated heterocycles. The average molecular weight is 223 g/mol. The molecular formula is C7H11BrO3. The van der Waals surface area contributed by atoms with Crippen molar-refractivity contribution in [2.24, 2.45) is 0 Å². The van der Waals surface area contributed by atoms with Crippen molar-refractivity contribution in [3.05, 3.63) is 0 Å². The zero-order valence-electron chi connectivity index (χ0n) is 6.34. The van der Waals surface area contributed by atoms with Gasteiger partial charge in [0.1, 0.15) is 5.78 Å². The first-order valence-corrected chi connectivity index (χ1v) is 4.38. The maximum atomic E-state index is 11.0. The normalized spacial score (nSPS) is 12.5. The zero-order chi connectivity index (χ0) is 8.85. The van der Waals surface area contributed by atoms with Crippen LogP contribution in [0.2, 0.25) is 0 Å². The minimum absolute atomic E-state index is 0.0325. The second-order valence-electron chi connectivity index (χ2n) is 2.28. The number of hydrogen-bond donors (Lipinski definition) is 1. The van der Waals surface area contributed by atoms with Crippen molar-refractivity contribution in [3.8, 4) is 0 Å². The van der Waals surface area contributed by atoms with Crippen LogP contribution in [0.15, 0.2) is 0 Å². The highest BCUT2D eigenvalue weighted by Crippen LogP contribution is 2.09. The number of ketones is 1. The summed E-state index contributed by atoms with van der Waals surface area (Å²) in [5.74, 6) is -0.980. The smallest absolute Gasteiger partial charge is 0.304 e. The summed E-state index contributed by atoms with van der Waals surface area (Å²) in [5.41, 5.74) is 0. The van der Waals surface area contributed by atoms with Gasteiger partial charge in [0, 0.05) is 6.42 Å². The maximum Gasteiger partial charge on any atom is 0.304 e. The van der Waals surface area contributed by atoms with Gasteiger partial charge < -0.3 is 5.11 Å². The fourth-order valence-electron chi connectivity index (χ4n) is 0.670. The summed E-state index contributed by atoms with van der Waals surface area (Å²) in [6.07, 6.45) is 1.09. The Balaban J connectivity index is 3.73. The molecule has 0 saturated carbocycles. The van der Waals surface area contributed by atoms with Crippen LogP contribution >= 0.6 is 15.9 Å². The van der Waals surface area contributed by atoms with Crippen molar-refractivity contribution in [2.75, 3.05) is 0 Å². The van der Waals surface area contributed by atoms with E-state index in [0.717, 1.165) is 6.42 Å². The fourth-order valence-corrected chi connectivity index (χ4v) is 1.18. The number of carbonyl (C=O) groups excluding carboxylic acids is 1. The summed E-state index contributed by atoms with van der Waals surface area (Å²) in [5, 5.41) is 8.32. The molecule has 0 rings (SSSR count). The van der Waals surface area contributed by atoms with Crippen molar-refractivity contribution >= 4 is 27.7 Å². The molecule has 0 spiro atoms. The molecule has 1 unspecified atom stereocenters. The van der Waals surface area contributed by atoms with Crippen LogP contribution in [0.25, 0.3) is 0 Å². The van der Waals surface area contributed by atoms with Gasteiger partial charge >= 0.3 is 5.97 Å². The number of rotatable bonds is 5. The Hall–Kier alpha value is -0.380. The molecule has 11 heavy (non-hydrogen) atoms. The van der Waals surface area contributed by atoms with Gasteiger partial charge in [0.25, 0.3) is 0 Å². The highest BCUT2D eigenvalue weighted by molar-refractivity contribution is 9.10. The largest absolute Gasteiger partial charge is 0.481 e. The van der Waals surface area contributed by atoms with Crippen molar-refractivity contribution in [2.45, 2.75) is 31.0 Å². The Morgan fingerprint density at radius 2 is 2.09 bits per heavy atom. The van der Waals surface area contributed by atoms with Crippen LogP contribution in [0.4, 0.5) is 0 Å². The summed E-state index contributed by atoms with van der Waals surface area (Å²) < 4.78 is 0. The number of hydrogen-bond acceptors (Lipinski definition) is 2. The monoisotopic (exact) mass is 222 g/mol. The van der Waals surface area contributed by atoms with E-state index in [9.17, 15) is 9.59 Å². The molecule has 3 nitrogen and oxygen atoms in total. The van der Waals surface area contributed by atoms with E-state index < -0.39 is 10.8 Å². The summed E-state index contributed by atoms with van der Waals surface area (Å²) in [6, 6.07) is 0. The summed E-state index contributed by atoms with van der Waals surface area (Å²) >= 11 is 3.01. The van der Waals surface area contributed by atoms with Crippen LogP contribution in [-0.2, 0) is 9.59 Å².